The van der Waals surface area contributed by atoms with Crippen LogP contribution in [0.2, 0.25) is 0 Å². The topological polar surface area (TPSA) is 0 Å². The predicted octanol–water partition coefficient (Wildman–Crippen LogP) is 4.96. The van der Waals surface area contributed by atoms with Crippen LogP contribution in [0.15, 0.2) is 43.0 Å². The summed E-state index contributed by atoms with van der Waals surface area (Å²) in [6.45, 7) is 12.7. The quantitative estimate of drug-likeness (QED) is 0.624. The van der Waals surface area contributed by atoms with Crippen molar-refractivity contribution in [3.8, 4) is 0 Å². The van der Waals surface area contributed by atoms with Gasteiger partial charge in [-0.1, -0.05) is 70.7 Å². The van der Waals surface area contributed by atoms with Gasteiger partial charge in [0.1, 0.15) is 0 Å². The third kappa shape index (κ3) is 3.10. The maximum absolute atomic E-state index is 3.86. The SMILES string of the molecule is C=C/C(=C\CC)c1ccc(C(C)(C)C)cc1. The largest absolute Gasteiger partial charge is 0.0985 e. The van der Waals surface area contributed by atoms with E-state index in [1.165, 1.54) is 16.7 Å². The standard InChI is InChI=1S/C16H22/c1-6-8-13(7-2)14-9-11-15(12-10-14)16(3,4)5/h7-12H,2,6H2,1,3-5H3/b13-8+. The first-order valence-electron chi connectivity index (χ1n) is 5.92. The summed E-state index contributed by atoms with van der Waals surface area (Å²) >= 11 is 0. The molecule has 0 aliphatic rings. The van der Waals surface area contributed by atoms with Gasteiger partial charge < -0.3 is 0 Å². The molecule has 0 amide bonds. The van der Waals surface area contributed by atoms with Crippen molar-refractivity contribution in [2.24, 2.45) is 0 Å². The van der Waals surface area contributed by atoms with Crippen molar-refractivity contribution in [3.05, 3.63) is 54.1 Å². The van der Waals surface area contributed by atoms with Gasteiger partial charge >= 0.3 is 0 Å². The van der Waals surface area contributed by atoms with Crippen LogP contribution in [0.5, 0.6) is 0 Å². The normalized spacial score (nSPS) is 12.6. The molecule has 16 heavy (non-hydrogen) atoms. The number of hydrogen-bond acceptors (Lipinski definition) is 0. The van der Waals surface area contributed by atoms with E-state index in [4.69, 9.17) is 0 Å². The highest BCUT2D eigenvalue weighted by atomic mass is 14.2. The summed E-state index contributed by atoms with van der Waals surface area (Å²) in [7, 11) is 0. The molecule has 0 heteroatoms. The molecule has 0 radical (unpaired) electrons. The Bertz CT molecular complexity index is 371. The van der Waals surface area contributed by atoms with E-state index in [0.29, 0.717) is 0 Å². The molecule has 0 aliphatic carbocycles. The van der Waals surface area contributed by atoms with Crippen LogP contribution in [0.25, 0.3) is 5.57 Å². The van der Waals surface area contributed by atoms with Crippen molar-refractivity contribution in [2.75, 3.05) is 0 Å². The monoisotopic (exact) mass is 214 g/mol. The summed E-state index contributed by atoms with van der Waals surface area (Å²) < 4.78 is 0. The summed E-state index contributed by atoms with van der Waals surface area (Å²) in [5.74, 6) is 0. The van der Waals surface area contributed by atoms with Crippen LogP contribution < -0.4 is 0 Å². The Morgan fingerprint density at radius 3 is 2.12 bits per heavy atom. The van der Waals surface area contributed by atoms with E-state index >= 15 is 0 Å². The third-order valence-corrected chi connectivity index (χ3v) is 2.73. The molecule has 86 valence electrons. The highest BCUT2D eigenvalue weighted by Gasteiger charge is 2.12. The predicted molar refractivity (Wildman–Crippen MR) is 73.6 cm³/mol. The van der Waals surface area contributed by atoms with Gasteiger partial charge in [0, 0.05) is 0 Å². The van der Waals surface area contributed by atoms with E-state index < -0.39 is 0 Å². The number of hydrogen-bond donors (Lipinski definition) is 0. The summed E-state index contributed by atoms with van der Waals surface area (Å²) in [6.07, 6.45) is 5.18. The molecule has 0 heterocycles. The molecule has 0 spiro atoms. The van der Waals surface area contributed by atoms with Crippen molar-refractivity contribution in [3.63, 3.8) is 0 Å². The maximum Gasteiger partial charge on any atom is -0.0132 e. The van der Waals surface area contributed by atoms with Crippen LogP contribution in [0.4, 0.5) is 0 Å². The van der Waals surface area contributed by atoms with Gasteiger partial charge in [-0.2, -0.15) is 0 Å². The van der Waals surface area contributed by atoms with Crippen LogP contribution in [0.1, 0.15) is 45.2 Å². The maximum atomic E-state index is 3.86. The minimum atomic E-state index is 0.224. The van der Waals surface area contributed by atoms with Crippen molar-refractivity contribution < 1.29 is 0 Å². The van der Waals surface area contributed by atoms with E-state index in [0.717, 1.165) is 6.42 Å². The molecule has 0 saturated carbocycles. The smallest absolute Gasteiger partial charge is 0.0132 e. The van der Waals surface area contributed by atoms with Crippen LogP contribution in [-0.2, 0) is 5.41 Å². The van der Waals surface area contributed by atoms with Gasteiger partial charge in [-0.05, 0) is 28.5 Å². The molecule has 0 saturated heterocycles. The second kappa shape index (κ2) is 5.16. The Labute approximate surface area is 99.7 Å². The fourth-order valence-electron chi connectivity index (χ4n) is 1.70. The van der Waals surface area contributed by atoms with E-state index in [1.807, 2.05) is 6.08 Å². The van der Waals surface area contributed by atoms with Gasteiger partial charge in [-0.25, -0.2) is 0 Å². The summed E-state index contributed by atoms with van der Waals surface area (Å²) in [5.41, 5.74) is 4.07. The molecule has 0 N–H and O–H groups in total. The lowest BCUT2D eigenvalue weighted by atomic mass is 9.86. The molecule has 0 fully saturated rings. The van der Waals surface area contributed by atoms with Crippen LogP contribution in [0, 0.1) is 0 Å². The molecule has 1 aromatic rings. The fourth-order valence-corrected chi connectivity index (χ4v) is 1.70. The zero-order chi connectivity index (χ0) is 12.2. The van der Waals surface area contributed by atoms with Crippen molar-refractivity contribution in [1.82, 2.24) is 0 Å². The fraction of sp³-hybridized carbons (Fsp3) is 0.375. The Hall–Kier alpha value is -1.30. The molecule has 0 aromatic heterocycles. The Kier molecular flexibility index (Phi) is 4.12. The number of allylic oxidation sites excluding steroid dienone is 3. The highest BCUT2D eigenvalue weighted by molar-refractivity contribution is 5.73. The first-order chi connectivity index (χ1) is 7.49. The van der Waals surface area contributed by atoms with E-state index in [1.54, 1.807) is 0 Å². The van der Waals surface area contributed by atoms with Crippen molar-refractivity contribution in [2.45, 2.75) is 39.5 Å². The minimum Gasteiger partial charge on any atom is -0.0985 e. The molecular formula is C16H22. The van der Waals surface area contributed by atoms with E-state index in [9.17, 15) is 0 Å². The average molecular weight is 214 g/mol. The van der Waals surface area contributed by atoms with Crippen LogP contribution >= 0.6 is 0 Å². The van der Waals surface area contributed by atoms with Crippen molar-refractivity contribution in [1.29, 1.82) is 0 Å². The Morgan fingerprint density at radius 2 is 1.75 bits per heavy atom. The van der Waals surface area contributed by atoms with Gasteiger partial charge in [-0.15, -0.1) is 0 Å². The van der Waals surface area contributed by atoms with Gasteiger partial charge in [0.2, 0.25) is 0 Å². The van der Waals surface area contributed by atoms with Crippen LogP contribution in [0.3, 0.4) is 0 Å². The van der Waals surface area contributed by atoms with Crippen LogP contribution in [-0.4, -0.2) is 0 Å². The molecular weight excluding hydrogens is 192 g/mol. The van der Waals surface area contributed by atoms with E-state index in [2.05, 4.69) is 64.6 Å². The minimum absolute atomic E-state index is 0.224. The lowest BCUT2D eigenvalue weighted by Crippen LogP contribution is -2.10. The average Bonchev–Trinajstić information content (AvgIpc) is 2.25. The first-order valence-corrected chi connectivity index (χ1v) is 5.92. The highest BCUT2D eigenvalue weighted by Crippen LogP contribution is 2.24. The van der Waals surface area contributed by atoms with Gasteiger partial charge in [0.25, 0.3) is 0 Å². The Morgan fingerprint density at radius 1 is 1.19 bits per heavy atom. The Balaban J connectivity index is 3.03. The third-order valence-electron chi connectivity index (χ3n) is 2.73. The molecule has 0 aliphatic heterocycles. The van der Waals surface area contributed by atoms with Gasteiger partial charge in [0.05, 0.1) is 0 Å². The number of benzene rings is 1. The van der Waals surface area contributed by atoms with Crippen molar-refractivity contribution >= 4 is 5.57 Å². The van der Waals surface area contributed by atoms with E-state index in [-0.39, 0.29) is 5.41 Å². The summed E-state index contributed by atoms with van der Waals surface area (Å²) in [5, 5.41) is 0. The second-order valence-electron chi connectivity index (χ2n) is 5.10. The van der Waals surface area contributed by atoms with Gasteiger partial charge in [-0.3, -0.25) is 0 Å². The lowest BCUT2D eigenvalue weighted by molar-refractivity contribution is 0.590. The summed E-state index contributed by atoms with van der Waals surface area (Å²) in [4.78, 5) is 0. The lowest BCUT2D eigenvalue weighted by Gasteiger charge is -2.19. The molecule has 1 rings (SSSR count). The molecule has 0 unspecified atom stereocenters. The zero-order valence-corrected chi connectivity index (χ0v) is 10.9. The first kappa shape index (κ1) is 12.8. The molecule has 1 aromatic carbocycles. The molecule has 0 nitrogen and oxygen atoms in total. The molecule has 0 atom stereocenters. The zero-order valence-electron chi connectivity index (χ0n) is 10.9. The van der Waals surface area contributed by atoms with Gasteiger partial charge in [0.15, 0.2) is 0 Å². The molecule has 0 bridgehead atoms. The summed E-state index contributed by atoms with van der Waals surface area (Å²) in [6, 6.07) is 8.79. The number of rotatable bonds is 3. The second-order valence-corrected chi connectivity index (χ2v) is 5.10.